The first-order valence-electron chi connectivity index (χ1n) is 11.1. The lowest BCUT2D eigenvalue weighted by Crippen LogP contribution is -2.17. The molecule has 2 aromatic rings. The molecule has 35 heavy (non-hydrogen) atoms. The second kappa shape index (κ2) is 13.6. The molecule has 1 unspecified atom stereocenters. The quantitative estimate of drug-likeness (QED) is 0.186. The van der Waals surface area contributed by atoms with Crippen molar-refractivity contribution in [2.24, 2.45) is 0 Å². The molecule has 0 aliphatic carbocycles. The molecule has 1 saturated heterocycles. The lowest BCUT2D eigenvalue weighted by molar-refractivity contribution is -0.147. The van der Waals surface area contributed by atoms with E-state index in [4.69, 9.17) is 37.4 Å². The van der Waals surface area contributed by atoms with E-state index in [1.807, 2.05) is 0 Å². The Bertz CT molecular complexity index is 997. The fourth-order valence-corrected chi connectivity index (χ4v) is 3.94. The summed E-state index contributed by atoms with van der Waals surface area (Å²) in [5.74, 6) is -0.887. The number of carbonyl (C=O) groups is 2. The molecule has 0 spiro atoms. The minimum absolute atomic E-state index is 0.0102. The number of halogens is 4. The Morgan fingerprint density at radius 1 is 1.14 bits per heavy atom. The van der Waals surface area contributed by atoms with Crippen molar-refractivity contribution in [2.45, 2.75) is 51.2 Å². The molecule has 1 aliphatic heterocycles. The van der Waals surface area contributed by atoms with Crippen molar-refractivity contribution in [3.05, 3.63) is 51.8 Å². The van der Waals surface area contributed by atoms with Crippen molar-refractivity contribution >= 4 is 35.0 Å². The van der Waals surface area contributed by atoms with E-state index in [9.17, 15) is 18.4 Å². The van der Waals surface area contributed by atoms with Crippen LogP contribution in [0.3, 0.4) is 0 Å². The molecule has 0 bridgehead atoms. The Labute approximate surface area is 211 Å². The standard InChI is InChI=1S/C24H25Cl2F2NO6/c25-18-12-29-13-19(26)17(18)11-20(30)15-6-7-21(35-24(27)28)22(10-15)33-8-2-1-5-23(31)34-14-16-4-3-9-32-16/h6-7,10,12-13,16,24H,1-5,8-9,11,14H2. The van der Waals surface area contributed by atoms with E-state index in [2.05, 4.69) is 9.72 Å². The van der Waals surface area contributed by atoms with E-state index in [-0.39, 0.29) is 71.0 Å². The zero-order valence-electron chi connectivity index (χ0n) is 18.8. The molecule has 3 rings (SSSR count). The molecule has 1 atom stereocenters. The minimum Gasteiger partial charge on any atom is -0.490 e. The summed E-state index contributed by atoms with van der Waals surface area (Å²) >= 11 is 12.2. The first-order chi connectivity index (χ1) is 16.8. The van der Waals surface area contributed by atoms with Crippen molar-refractivity contribution in [1.29, 1.82) is 0 Å². The summed E-state index contributed by atoms with van der Waals surface area (Å²) in [5.41, 5.74) is 0.623. The van der Waals surface area contributed by atoms with Crippen molar-refractivity contribution in [3.8, 4) is 11.5 Å². The van der Waals surface area contributed by atoms with Crippen LogP contribution >= 0.6 is 23.2 Å². The SMILES string of the molecule is O=C(CCCCOc1cc(C(=O)Cc2c(Cl)cncc2Cl)ccc1OC(F)F)OCC1CCCO1. The highest BCUT2D eigenvalue weighted by Crippen LogP contribution is 2.31. The maximum atomic E-state index is 12.8. The van der Waals surface area contributed by atoms with Gasteiger partial charge in [-0.2, -0.15) is 8.78 Å². The number of hydrogen-bond acceptors (Lipinski definition) is 7. The number of alkyl halides is 2. The number of carbonyl (C=O) groups excluding carboxylic acids is 2. The number of ether oxygens (including phenoxy) is 4. The number of nitrogens with zero attached hydrogens (tertiary/aromatic N) is 1. The van der Waals surface area contributed by atoms with E-state index in [1.54, 1.807) is 0 Å². The number of unbranched alkanes of at least 4 members (excludes halogenated alkanes) is 1. The summed E-state index contributed by atoms with van der Waals surface area (Å²) in [7, 11) is 0. The summed E-state index contributed by atoms with van der Waals surface area (Å²) in [4.78, 5) is 28.5. The molecule has 0 saturated carbocycles. The molecule has 0 radical (unpaired) electrons. The fourth-order valence-electron chi connectivity index (χ4n) is 3.44. The van der Waals surface area contributed by atoms with Crippen LogP contribution in [0.1, 0.15) is 48.0 Å². The molecule has 2 heterocycles. The Kier molecular flexibility index (Phi) is 10.5. The van der Waals surface area contributed by atoms with Gasteiger partial charge in [0.1, 0.15) is 6.61 Å². The van der Waals surface area contributed by atoms with Gasteiger partial charge in [-0.15, -0.1) is 0 Å². The molecular weight excluding hydrogens is 507 g/mol. The maximum Gasteiger partial charge on any atom is 0.387 e. The zero-order valence-corrected chi connectivity index (χ0v) is 20.3. The van der Waals surface area contributed by atoms with Gasteiger partial charge in [0.2, 0.25) is 0 Å². The van der Waals surface area contributed by atoms with Gasteiger partial charge >= 0.3 is 12.6 Å². The highest BCUT2D eigenvalue weighted by molar-refractivity contribution is 6.36. The third kappa shape index (κ3) is 8.59. The minimum atomic E-state index is -3.06. The number of aromatic nitrogens is 1. The first-order valence-corrected chi connectivity index (χ1v) is 11.9. The zero-order chi connectivity index (χ0) is 25.2. The number of benzene rings is 1. The van der Waals surface area contributed by atoms with Crippen molar-refractivity contribution in [1.82, 2.24) is 4.98 Å². The van der Waals surface area contributed by atoms with E-state index < -0.39 is 6.61 Å². The summed E-state index contributed by atoms with van der Waals surface area (Å²) in [6, 6.07) is 3.94. The molecule has 7 nitrogen and oxygen atoms in total. The van der Waals surface area contributed by atoms with E-state index in [0.29, 0.717) is 25.0 Å². The van der Waals surface area contributed by atoms with E-state index >= 15 is 0 Å². The topological polar surface area (TPSA) is 84.0 Å². The highest BCUT2D eigenvalue weighted by Gasteiger charge is 2.19. The van der Waals surface area contributed by atoms with Gasteiger partial charge in [0, 0.05) is 43.0 Å². The van der Waals surface area contributed by atoms with Crippen LogP contribution in [0.2, 0.25) is 10.0 Å². The molecule has 0 amide bonds. The van der Waals surface area contributed by atoms with Gasteiger partial charge in [-0.25, -0.2) is 0 Å². The van der Waals surface area contributed by atoms with Gasteiger partial charge in [-0.3, -0.25) is 14.6 Å². The largest absolute Gasteiger partial charge is 0.490 e. The summed E-state index contributed by atoms with van der Waals surface area (Å²) in [6.07, 6.45) is 5.60. The Morgan fingerprint density at radius 3 is 2.60 bits per heavy atom. The van der Waals surface area contributed by atoms with Gasteiger partial charge in [-0.05, 0) is 43.9 Å². The molecule has 1 aromatic heterocycles. The summed E-state index contributed by atoms with van der Waals surface area (Å²) < 4.78 is 46.3. The maximum absolute atomic E-state index is 12.8. The number of ketones is 1. The second-order valence-corrected chi connectivity index (χ2v) is 8.66. The summed E-state index contributed by atoms with van der Waals surface area (Å²) in [5, 5.41) is 0.489. The molecular formula is C24H25Cl2F2NO6. The van der Waals surface area contributed by atoms with Gasteiger partial charge < -0.3 is 18.9 Å². The molecule has 1 aliphatic rings. The van der Waals surface area contributed by atoms with Gasteiger partial charge in [-0.1, -0.05) is 23.2 Å². The summed E-state index contributed by atoms with van der Waals surface area (Å²) in [6.45, 7) is -2.00. The lowest BCUT2D eigenvalue weighted by atomic mass is 10.0. The van der Waals surface area contributed by atoms with Crippen LogP contribution in [0.25, 0.3) is 0 Å². The first kappa shape index (κ1) is 27.1. The molecule has 190 valence electrons. The monoisotopic (exact) mass is 531 g/mol. The van der Waals surface area contributed by atoms with Crippen LogP contribution in [-0.4, -0.2) is 49.3 Å². The lowest BCUT2D eigenvalue weighted by Gasteiger charge is -2.14. The van der Waals surface area contributed by atoms with Crippen molar-refractivity contribution in [3.63, 3.8) is 0 Å². The highest BCUT2D eigenvalue weighted by atomic mass is 35.5. The van der Waals surface area contributed by atoms with Crippen LogP contribution in [0.5, 0.6) is 11.5 Å². The van der Waals surface area contributed by atoms with E-state index in [0.717, 1.165) is 12.8 Å². The normalized spacial score (nSPS) is 15.3. The Balaban J connectivity index is 1.54. The Morgan fingerprint density at radius 2 is 1.91 bits per heavy atom. The fraction of sp³-hybridized carbons (Fsp3) is 0.458. The third-order valence-electron chi connectivity index (χ3n) is 5.26. The molecule has 1 fully saturated rings. The number of pyridine rings is 1. The van der Waals surface area contributed by atoms with E-state index in [1.165, 1.54) is 30.6 Å². The van der Waals surface area contributed by atoms with Crippen LogP contribution < -0.4 is 9.47 Å². The second-order valence-electron chi connectivity index (χ2n) is 7.85. The molecule has 1 aromatic carbocycles. The molecule has 0 N–H and O–H groups in total. The number of hydrogen-bond donors (Lipinski definition) is 0. The average Bonchev–Trinajstić information content (AvgIpc) is 3.34. The van der Waals surface area contributed by atoms with Gasteiger partial charge in [0.25, 0.3) is 0 Å². The predicted octanol–water partition coefficient (Wildman–Crippen LogP) is 5.69. The van der Waals surface area contributed by atoms with Crippen LogP contribution in [0.15, 0.2) is 30.6 Å². The average molecular weight is 532 g/mol. The molecule has 11 heteroatoms. The van der Waals surface area contributed by atoms with Gasteiger partial charge in [0.15, 0.2) is 17.3 Å². The number of rotatable bonds is 13. The van der Waals surface area contributed by atoms with Crippen LogP contribution in [0.4, 0.5) is 8.78 Å². The Hall–Kier alpha value is -2.49. The number of Topliss-reactive ketones (excluding diaryl/α,β-unsaturated/α-hetero) is 1. The van der Waals surface area contributed by atoms with Crippen molar-refractivity contribution in [2.75, 3.05) is 19.8 Å². The number of esters is 1. The smallest absolute Gasteiger partial charge is 0.387 e. The van der Waals surface area contributed by atoms with Crippen LogP contribution in [0, 0.1) is 0 Å². The third-order valence-corrected chi connectivity index (χ3v) is 5.91. The predicted molar refractivity (Wildman–Crippen MR) is 125 cm³/mol. The van der Waals surface area contributed by atoms with Gasteiger partial charge in [0.05, 0.1) is 22.8 Å². The van der Waals surface area contributed by atoms with Crippen LogP contribution in [-0.2, 0) is 20.7 Å². The van der Waals surface area contributed by atoms with Crippen molar-refractivity contribution < 1.29 is 37.3 Å².